The van der Waals surface area contributed by atoms with Gasteiger partial charge in [0, 0.05) is 11.8 Å². The van der Waals surface area contributed by atoms with E-state index in [0.717, 1.165) is 5.75 Å². The molecule has 1 aliphatic rings. The lowest BCUT2D eigenvalue weighted by molar-refractivity contribution is -0.117. The Balaban J connectivity index is 2.39. The van der Waals surface area contributed by atoms with Crippen LogP contribution in [0, 0.1) is 0 Å². The fourth-order valence-corrected chi connectivity index (χ4v) is 1.97. The van der Waals surface area contributed by atoms with Crippen LogP contribution in [0.5, 0.6) is 0 Å². The van der Waals surface area contributed by atoms with Crippen molar-refractivity contribution in [3.8, 4) is 0 Å². The molecule has 0 aliphatic carbocycles. The van der Waals surface area contributed by atoms with E-state index in [-0.39, 0.29) is 11.2 Å². The lowest BCUT2D eigenvalue weighted by Crippen LogP contribution is -2.31. The van der Waals surface area contributed by atoms with Gasteiger partial charge < -0.3 is 0 Å². The monoisotopic (exact) mass is 145 g/mol. The van der Waals surface area contributed by atoms with Crippen molar-refractivity contribution in [2.45, 2.75) is 25.3 Å². The van der Waals surface area contributed by atoms with Gasteiger partial charge in [-0.1, -0.05) is 0 Å². The highest BCUT2D eigenvalue weighted by Gasteiger charge is 2.23. The lowest BCUT2D eigenvalue weighted by Gasteiger charge is -2.04. The molecule has 9 heavy (non-hydrogen) atoms. The van der Waals surface area contributed by atoms with Crippen LogP contribution in [0.25, 0.3) is 0 Å². The molecule has 1 N–H and O–H groups in total. The number of thioether (sulfide) groups is 1. The zero-order chi connectivity index (χ0) is 6.85. The first-order chi connectivity index (χ1) is 4.20. The molecule has 0 radical (unpaired) electrons. The maximum Gasteiger partial charge on any atom is 0.156 e. The minimum atomic E-state index is 0.0694. The van der Waals surface area contributed by atoms with Crippen molar-refractivity contribution >= 4 is 17.5 Å². The van der Waals surface area contributed by atoms with Gasteiger partial charge in [0.1, 0.15) is 5.37 Å². The number of ketones is 1. The topological polar surface area (TPSA) is 29.1 Å². The van der Waals surface area contributed by atoms with Gasteiger partial charge in [0.05, 0.1) is 0 Å². The van der Waals surface area contributed by atoms with Crippen LogP contribution in [-0.4, -0.2) is 23.0 Å². The molecule has 1 aliphatic heterocycles. The largest absolute Gasteiger partial charge is 0.297 e. The Morgan fingerprint density at radius 3 is 2.67 bits per heavy atom. The Kier molecular flexibility index (Phi) is 2.13. The fraction of sp³-hybridized carbons (Fsp3) is 0.833. The molecule has 2 nitrogen and oxygen atoms in total. The van der Waals surface area contributed by atoms with Gasteiger partial charge in [-0.15, -0.1) is 11.8 Å². The van der Waals surface area contributed by atoms with E-state index in [1.165, 1.54) is 0 Å². The van der Waals surface area contributed by atoms with Crippen LogP contribution in [0.4, 0.5) is 0 Å². The smallest absolute Gasteiger partial charge is 0.156 e. The number of hydrogen-bond donors (Lipinski definition) is 1. The van der Waals surface area contributed by atoms with Crippen molar-refractivity contribution in [1.82, 2.24) is 5.32 Å². The molecule has 0 saturated carbocycles. The van der Waals surface area contributed by atoms with Crippen molar-refractivity contribution < 1.29 is 4.79 Å². The Hall–Kier alpha value is -0.0200. The van der Waals surface area contributed by atoms with E-state index in [9.17, 15) is 4.79 Å². The number of carbonyl (C=O) groups excluding carboxylic acids is 1. The molecule has 1 fully saturated rings. The SMILES string of the molecule is CC(=O)C1NC(C)CS1. The van der Waals surface area contributed by atoms with Crippen LogP contribution < -0.4 is 5.32 Å². The zero-order valence-electron chi connectivity index (χ0n) is 5.68. The first-order valence-electron chi connectivity index (χ1n) is 3.08. The summed E-state index contributed by atoms with van der Waals surface area (Å²) < 4.78 is 0. The second-order valence-corrected chi connectivity index (χ2v) is 3.53. The Bertz CT molecular complexity index is 126. The Morgan fingerprint density at radius 1 is 1.78 bits per heavy atom. The Labute approximate surface area is 59.4 Å². The van der Waals surface area contributed by atoms with Crippen LogP contribution in [0.3, 0.4) is 0 Å². The van der Waals surface area contributed by atoms with E-state index in [2.05, 4.69) is 12.2 Å². The van der Waals surface area contributed by atoms with Gasteiger partial charge in [-0.25, -0.2) is 0 Å². The van der Waals surface area contributed by atoms with Gasteiger partial charge in [-0.05, 0) is 13.8 Å². The molecule has 0 bridgehead atoms. The molecular weight excluding hydrogens is 134 g/mol. The van der Waals surface area contributed by atoms with Crippen molar-refractivity contribution in [3.63, 3.8) is 0 Å². The van der Waals surface area contributed by atoms with Crippen LogP contribution in [0.2, 0.25) is 0 Å². The van der Waals surface area contributed by atoms with Crippen LogP contribution in [0.15, 0.2) is 0 Å². The van der Waals surface area contributed by atoms with Gasteiger partial charge in [-0.3, -0.25) is 10.1 Å². The highest BCUT2D eigenvalue weighted by molar-refractivity contribution is 8.00. The molecule has 0 aromatic heterocycles. The second kappa shape index (κ2) is 2.71. The summed E-state index contributed by atoms with van der Waals surface area (Å²) >= 11 is 1.70. The maximum atomic E-state index is 10.7. The van der Waals surface area contributed by atoms with Gasteiger partial charge in [0.25, 0.3) is 0 Å². The predicted molar refractivity (Wildman–Crippen MR) is 39.5 cm³/mol. The second-order valence-electron chi connectivity index (χ2n) is 2.39. The summed E-state index contributed by atoms with van der Waals surface area (Å²) in [5.74, 6) is 1.30. The number of carbonyl (C=O) groups is 1. The molecule has 0 amide bonds. The summed E-state index contributed by atoms with van der Waals surface area (Å²) in [4.78, 5) is 10.7. The minimum Gasteiger partial charge on any atom is -0.297 e. The molecule has 3 heteroatoms. The van der Waals surface area contributed by atoms with E-state index in [0.29, 0.717) is 6.04 Å². The van der Waals surface area contributed by atoms with Gasteiger partial charge in [0.15, 0.2) is 5.78 Å². The molecule has 2 atom stereocenters. The molecule has 52 valence electrons. The third-order valence-electron chi connectivity index (χ3n) is 1.32. The first-order valence-corrected chi connectivity index (χ1v) is 4.13. The molecule has 0 aromatic rings. The molecule has 2 unspecified atom stereocenters. The van der Waals surface area contributed by atoms with E-state index in [4.69, 9.17) is 0 Å². The molecular formula is C6H11NOS. The van der Waals surface area contributed by atoms with Crippen molar-refractivity contribution in [3.05, 3.63) is 0 Å². The van der Waals surface area contributed by atoms with Gasteiger partial charge >= 0.3 is 0 Å². The van der Waals surface area contributed by atoms with E-state index >= 15 is 0 Å². The van der Waals surface area contributed by atoms with Gasteiger partial charge in [0.2, 0.25) is 0 Å². The lowest BCUT2D eigenvalue weighted by atomic mass is 10.3. The summed E-state index contributed by atoms with van der Waals surface area (Å²) in [5, 5.41) is 3.24. The fourth-order valence-electron chi connectivity index (χ4n) is 0.830. The van der Waals surface area contributed by atoms with Crippen LogP contribution in [0.1, 0.15) is 13.8 Å². The molecule has 0 aromatic carbocycles. The molecule has 1 saturated heterocycles. The van der Waals surface area contributed by atoms with E-state index in [1.54, 1.807) is 18.7 Å². The third-order valence-corrected chi connectivity index (χ3v) is 2.81. The van der Waals surface area contributed by atoms with E-state index < -0.39 is 0 Å². The summed E-state index contributed by atoms with van der Waals surface area (Å²) in [5.41, 5.74) is 0. The first kappa shape index (κ1) is 7.09. The summed E-state index contributed by atoms with van der Waals surface area (Å²) in [7, 11) is 0. The number of Topliss-reactive ketones (excluding diaryl/α,β-unsaturated/α-hetero) is 1. The summed E-state index contributed by atoms with van der Waals surface area (Å²) in [6.45, 7) is 3.72. The average molecular weight is 145 g/mol. The number of rotatable bonds is 1. The number of nitrogens with one attached hydrogen (secondary N) is 1. The molecule has 0 spiro atoms. The van der Waals surface area contributed by atoms with Crippen molar-refractivity contribution in [2.24, 2.45) is 0 Å². The van der Waals surface area contributed by atoms with Gasteiger partial charge in [-0.2, -0.15) is 0 Å². The average Bonchev–Trinajstić information content (AvgIpc) is 2.14. The standard InChI is InChI=1S/C6H11NOS/c1-4-3-9-6(7-4)5(2)8/h4,6-7H,3H2,1-2H3. The minimum absolute atomic E-state index is 0.0694. The quantitative estimate of drug-likeness (QED) is 0.586. The van der Waals surface area contributed by atoms with Crippen LogP contribution >= 0.6 is 11.8 Å². The highest BCUT2D eigenvalue weighted by atomic mass is 32.2. The number of hydrogen-bond acceptors (Lipinski definition) is 3. The van der Waals surface area contributed by atoms with E-state index in [1.807, 2.05) is 0 Å². The zero-order valence-corrected chi connectivity index (χ0v) is 6.49. The van der Waals surface area contributed by atoms with Crippen molar-refractivity contribution in [1.29, 1.82) is 0 Å². The third kappa shape index (κ3) is 1.69. The molecule has 1 rings (SSSR count). The maximum absolute atomic E-state index is 10.7. The van der Waals surface area contributed by atoms with Crippen molar-refractivity contribution in [2.75, 3.05) is 5.75 Å². The molecule has 1 heterocycles. The predicted octanol–water partition coefficient (Wildman–Crippen LogP) is 0.626. The highest BCUT2D eigenvalue weighted by Crippen LogP contribution is 2.18. The normalized spacial score (nSPS) is 34.9. The van der Waals surface area contributed by atoms with Crippen LogP contribution in [-0.2, 0) is 4.79 Å². The summed E-state index contributed by atoms with van der Waals surface area (Å²) in [6.07, 6.45) is 0. The summed E-state index contributed by atoms with van der Waals surface area (Å²) in [6, 6.07) is 0.504. The Morgan fingerprint density at radius 2 is 2.44 bits per heavy atom.